The molecule has 0 spiro atoms. The number of aryl methyl sites for hydroxylation is 1. The maximum Gasteiger partial charge on any atom is 0.200 e. The lowest BCUT2D eigenvalue weighted by Gasteiger charge is -2.04. The van der Waals surface area contributed by atoms with Gasteiger partial charge in [-0.3, -0.25) is 4.79 Å². The highest BCUT2D eigenvalue weighted by molar-refractivity contribution is 5.94. The monoisotopic (exact) mass is 291 g/mol. The van der Waals surface area contributed by atoms with Crippen LogP contribution in [0.15, 0.2) is 47.4 Å². The van der Waals surface area contributed by atoms with Crippen LogP contribution in [0, 0.1) is 6.92 Å². The molecule has 0 radical (unpaired) electrons. The van der Waals surface area contributed by atoms with Crippen LogP contribution in [0.4, 0.5) is 5.69 Å². The zero-order valence-electron chi connectivity index (χ0n) is 11.9. The van der Waals surface area contributed by atoms with Gasteiger partial charge in [0, 0.05) is 17.3 Å². The maximum absolute atomic E-state index is 12.8. The Kier molecular flexibility index (Phi) is 2.53. The number of nitrogen functional groups attached to an aromatic ring is 1. The Morgan fingerprint density at radius 3 is 2.86 bits per heavy atom. The van der Waals surface area contributed by atoms with Crippen molar-refractivity contribution in [3.8, 4) is 5.82 Å². The number of anilines is 1. The van der Waals surface area contributed by atoms with Crippen molar-refractivity contribution in [3.05, 3.63) is 58.5 Å². The first-order chi connectivity index (χ1) is 10.6. The predicted molar refractivity (Wildman–Crippen MR) is 86.1 cm³/mol. The minimum Gasteiger partial charge on any atom is -0.399 e. The molecule has 3 aromatic heterocycles. The molecule has 4 rings (SSSR count). The summed E-state index contributed by atoms with van der Waals surface area (Å²) in [7, 11) is 0. The van der Waals surface area contributed by atoms with Gasteiger partial charge in [0.2, 0.25) is 5.43 Å². The summed E-state index contributed by atoms with van der Waals surface area (Å²) < 4.78 is 1.65. The minimum atomic E-state index is -0.0734. The standard InChI is InChI=1S/C16H13N5O/c1-9-14-15(22)11-8-10(17)5-6-12(11)19-16(14)21(20-9)13-4-2-3-7-18-13/h2-8H,17H2,1H3,(H,19,22). The third-order valence-electron chi connectivity index (χ3n) is 3.70. The summed E-state index contributed by atoms with van der Waals surface area (Å²) in [5.41, 5.74) is 8.30. The van der Waals surface area contributed by atoms with Gasteiger partial charge >= 0.3 is 0 Å². The molecule has 0 saturated heterocycles. The van der Waals surface area contributed by atoms with E-state index >= 15 is 0 Å². The lowest BCUT2D eigenvalue weighted by atomic mass is 10.1. The summed E-state index contributed by atoms with van der Waals surface area (Å²) in [4.78, 5) is 20.3. The van der Waals surface area contributed by atoms with E-state index in [4.69, 9.17) is 5.73 Å². The third kappa shape index (κ3) is 1.70. The van der Waals surface area contributed by atoms with Gasteiger partial charge in [0.25, 0.3) is 0 Å². The highest BCUT2D eigenvalue weighted by atomic mass is 16.1. The number of aromatic nitrogens is 4. The normalized spacial score (nSPS) is 11.3. The van der Waals surface area contributed by atoms with Gasteiger partial charge in [0.05, 0.1) is 16.6 Å². The molecule has 0 bridgehead atoms. The molecule has 0 amide bonds. The fraction of sp³-hybridized carbons (Fsp3) is 0.0625. The average Bonchev–Trinajstić information content (AvgIpc) is 2.86. The van der Waals surface area contributed by atoms with Crippen LogP contribution in [0.25, 0.3) is 27.8 Å². The number of pyridine rings is 2. The fourth-order valence-corrected chi connectivity index (χ4v) is 2.68. The number of nitrogens with two attached hydrogens (primary N) is 1. The van der Waals surface area contributed by atoms with Gasteiger partial charge in [0.1, 0.15) is 5.65 Å². The Hall–Kier alpha value is -3.15. The molecule has 3 heterocycles. The molecule has 0 atom stereocenters. The van der Waals surface area contributed by atoms with E-state index in [-0.39, 0.29) is 5.43 Å². The SMILES string of the molecule is Cc1nn(-c2ccccn2)c2[nH]c3ccc(N)cc3c(=O)c12. The van der Waals surface area contributed by atoms with E-state index in [2.05, 4.69) is 15.1 Å². The summed E-state index contributed by atoms with van der Waals surface area (Å²) in [6.07, 6.45) is 1.69. The van der Waals surface area contributed by atoms with Crippen molar-refractivity contribution in [1.82, 2.24) is 19.7 Å². The van der Waals surface area contributed by atoms with Crippen LogP contribution in [-0.2, 0) is 0 Å². The second-order valence-corrected chi connectivity index (χ2v) is 5.17. The van der Waals surface area contributed by atoms with Crippen molar-refractivity contribution < 1.29 is 0 Å². The molecule has 6 nitrogen and oxygen atoms in total. The second-order valence-electron chi connectivity index (χ2n) is 5.17. The molecular formula is C16H13N5O. The molecule has 1 aromatic carbocycles. The molecule has 4 aromatic rings. The van der Waals surface area contributed by atoms with E-state index in [1.807, 2.05) is 25.1 Å². The van der Waals surface area contributed by atoms with E-state index in [9.17, 15) is 4.79 Å². The van der Waals surface area contributed by atoms with Crippen LogP contribution in [0.2, 0.25) is 0 Å². The summed E-state index contributed by atoms with van der Waals surface area (Å²) in [6, 6.07) is 10.8. The Morgan fingerprint density at radius 1 is 1.23 bits per heavy atom. The van der Waals surface area contributed by atoms with Crippen molar-refractivity contribution in [3.63, 3.8) is 0 Å². The number of nitrogens with zero attached hydrogens (tertiary/aromatic N) is 3. The summed E-state index contributed by atoms with van der Waals surface area (Å²) in [6.45, 7) is 1.81. The number of rotatable bonds is 1. The van der Waals surface area contributed by atoms with Gasteiger partial charge in [0.15, 0.2) is 5.82 Å². The van der Waals surface area contributed by atoms with E-state index in [1.165, 1.54) is 0 Å². The second kappa shape index (κ2) is 4.42. The molecule has 22 heavy (non-hydrogen) atoms. The van der Waals surface area contributed by atoms with Gasteiger partial charge in [-0.25, -0.2) is 4.98 Å². The van der Waals surface area contributed by atoms with E-state index in [0.29, 0.717) is 33.6 Å². The number of benzene rings is 1. The lowest BCUT2D eigenvalue weighted by molar-refractivity contribution is 0.849. The summed E-state index contributed by atoms with van der Waals surface area (Å²) in [5, 5.41) is 5.58. The van der Waals surface area contributed by atoms with Crippen molar-refractivity contribution >= 4 is 27.6 Å². The first-order valence-electron chi connectivity index (χ1n) is 6.87. The van der Waals surface area contributed by atoms with Crippen molar-refractivity contribution in [2.45, 2.75) is 6.92 Å². The number of hydrogen-bond donors (Lipinski definition) is 2. The third-order valence-corrected chi connectivity index (χ3v) is 3.70. The Morgan fingerprint density at radius 2 is 2.09 bits per heavy atom. The topological polar surface area (TPSA) is 89.6 Å². The largest absolute Gasteiger partial charge is 0.399 e. The highest BCUT2D eigenvalue weighted by Gasteiger charge is 2.15. The summed E-state index contributed by atoms with van der Waals surface area (Å²) in [5.74, 6) is 0.658. The van der Waals surface area contributed by atoms with Gasteiger partial charge < -0.3 is 10.7 Å². The molecule has 0 fully saturated rings. The Labute approximate surface area is 125 Å². The average molecular weight is 291 g/mol. The number of aromatic amines is 1. The zero-order valence-corrected chi connectivity index (χ0v) is 11.9. The van der Waals surface area contributed by atoms with E-state index in [1.54, 1.807) is 29.1 Å². The minimum absolute atomic E-state index is 0.0734. The molecule has 0 aliphatic rings. The molecule has 6 heteroatoms. The van der Waals surface area contributed by atoms with Crippen molar-refractivity contribution in [1.29, 1.82) is 0 Å². The van der Waals surface area contributed by atoms with E-state index < -0.39 is 0 Å². The fourth-order valence-electron chi connectivity index (χ4n) is 2.68. The van der Waals surface area contributed by atoms with Crippen molar-refractivity contribution in [2.24, 2.45) is 0 Å². The molecule has 0 saturated carbocycles. The maximum atomic E-state index is 12.8. The molecule has 0 aliphatic carbocycles. The number of fused-ring (bicyclic) bond motifs is 2. The molecular weight excluding hydrogens is 278 g/mol. The van der Waals surface area contributed by atoms with Gasteiger partial charge in [-0.05, 0) is 37.3 Å². The zero-order chi connectivity index (χ0) is 15.3. The van der Waals surface area contributed by atoms with Crippen LogP contribution in [0.3, 0.4) is 0 Å². The van der Waals surface area contributed by atoms with Crippen LogP contribution in [-0.4, -0.2) is 19.7 Å². The van der Waals surface area contributed by atoms with Crippen LogP contribution in [0.1, 0.15) is 5.69 Å². The Bertz CT molecular complexity index is 1060. The molecule has 3 N–H and O–H groups in total. The van der Waals surface area contributed by atoms with Gasteiger partial charge in [-0.2, -0.15) is 9.78 Å². The first kappa shape index (κ1) is 12.6. The number of nitrogens with one attached hydrogen (secondary N) is 1. The highest BCUT2D eigenvalue weighted by Crippen LogP contribution is 2.21. The van der Waals surface area contributed by atoms with Crippen LogP contribution < -0.4 is 11.2 Å². The predicted octanol–water partition coefficient (Wildman–Crippen LogP) is 2.15. The van der Waals surface area contributed by atoms with Gasteiger partial charge in [-0.15, -0.1) is 0 Å². The first-order valence-corrected chi connectivity index (χ1v) is 6.87. The smallest absolute Gasteiger partial charge is 0.200 e. The van der Waals surface area contributed by atoms with Crippen LogP contribution >= 0.6 is 0 Å². The summed E-state index contributed by atoms with van der Waals surface area (Å²) >= 11 is 0. The van der Waals surface area contributed by atoms with E-state index in [0.717, 1.165) is 5.52 Å². The number of H-pyrrole nitrogens is 1. The lowest BCUT2D eigenvalue weighted by Crippen LogP contribution is -2.06. The molecule has 0 aliphatic heterocycles. The van der Waals surface area contributed by atoms with Crippen molar-refractivity contribution in [2.75, 3.05) is 5.73 Å². The quantitative estimate of drug-likeness (QED) is 0.526. The number of hydrogen-bond acceptors (Lipinski definition) is 4. The van der Waals surface area contributed by atoms with Gasteiger partial charge in [-0.1, -0.05) is 6.07 Å². The van der Waals surface area contributed by atoms with Crippen LogP contribution in [0.5, 0.6) is 0 Å². The Balaban J connectivity index is 2.17. The molecule has 108 valence electrons. The molecule has 0 unspecified atom stereocenters.